The van der Waals surface area contributed by atoms with Gasteiger partial charge in [-0.2, -0.15) is 13.2 Å². The quantitative estimate of drug-likeness (QED) is 0.912. The number of alkyl halides is 3. The lowest BCUT2D eigenvalue weighted by Gasteiger charge is -2.41. The Balaban J connectivity index is 1.95. The Hall–Kier alpha value is -1.79. The fourth-order valence-corrected chi connectivity index (χ4v) is 1.92. The zero-order valence-electron chi connectivity index (χ0n) is 12.2. The molecule has 1 aromatic heterocycles. The first-order valence-corrected chi connectivity index (χ1v) is 6.67. The highest BCUT2D eigenvalue weighted by Gasteiger charge is 2.35. The number of aromatic nitrogens is 1. The van der Waals surface area contributed by atoms with E-state index < -0.39 is 17.3 Å². The Morgan fingerprint density at radius 1 is 1.29 bits per heavy atom. The molecule has 1 aliphatic rings. The molecule has 1 aliphatic heterocycles. The van der Waals surface area contributed by atoms with Gasteiger partial charge in [0, 0.05) is 18.5 Å². The van der Waals surface area contributed by atoms with Crippen molar-refractivity contribution in [2.24, 2.45) is 5.41 Å². The summed E-state index contributed by atoms with van der Waals surface area (Å²) in [5.41, 5.74) is -1.38. The number of carbonyl (C=O) groups is 1. The van der Waals surface area contributed by atoms with Crippen molar-refractivity contribution in [3.05, 3.63) is 23.9 Å². The van der Waals surface area contributed by atoms with E-state index in [4.69, 9.17) is 0 Å². The molecule has 7 heteroatoms. The molecule has 2 heterocycles. The molecule has 116 valence electrons. The number of halogens is 3. The predicted octanol–water partition coefficient (Wildman–Crippen LogP) is 2.45. The third-order valence-electron chi connectivity index (χ3n) is 3.25. The fourth-order valence-electron chi connectivity index (χ4n) is 1.92. The van der Waals surface area contributed by atoms with Gasteiger partial charge in [-0.25, -0.2) is 4.98 Å². The van der Waals surface area contributed by atoms with Crippen LogP contribution in [0.2, 0.25) is 0 Å². The largest absolute Gasteiger partial charge is 0.433 e. The molecule has 1 fully saturated rings. The third-order valence-corrected chi connectivity index (χ3v) is 3.25. The smallest absolute Gasteiger partial charge is 0.352 e. The van der Waals surface area contributed by atoms with Gasteiger partial charge in [-0.05, 0) is 12.1 Å². The second kappa shape index (κ2) is 5.20. The van der Waals surface area contributed by atoms with E-state index in [1.807, 2.05) is 20.8 Å². The Morgan fingerprint density at radius 2 is 1.90 bits per heavy atom. The topological polar surface area (TPSA) is 45.2 Å². The fraction of sp³-hybridized carbons (Fsp3) is 0.571. The van der Waals surface area contributed by atoms with E-state index in [9.17, 15) is 18.0 Å². The highest BCUT2D eigenvalue weighted by atomic mass is 19.4. The van der Waals surface area contributed by atoms with Crippen LogP contribution < -0.4 is 10.2 Å². The predicted molar refractivity (Wildman–Crippen MR) is 72.8 cm³/mol. The molecule has 0 bridgehead atoms. The van der Waals surface area contributed by atoms with Crippen LogP contribution in [-0.4, -0.2) is 30.0 Å². The second-order valence-electron chi connectivity index (χ2n) is 6.20. The minimum atomic E-state index is -4.44. The van der Waals surface area contributed by atoms with Crippen molar-refractivity contribution in [3.8, 4) is 0 Å². The summed E-state index contributed by atoms with van der Waals surface area (Å²) in [6, 6.07) is 3.78. The lowest BCUT2D eigenvalue weighted by molar-refractivity contribution is -0.141. The Morgan fingerprint density at radius 3 is 2.43 bits per heavy atom. The first-order chi connectivity index (χ1) is 9.57. The maximum atomic E-state index is 12.6. The maximum absolute atomic E-state index is 12.6. The van der Waals surface area contributed by atoms with Gasteiger partial charge in [0.15, 0.2) is 0 Å². The Bertz CT molecular complexity index is 531. The van der Waals surface area contributed by atoms with Gasteiger partial charge < -0.3 is 10.2 Å². The van der Waals surface area contributed by atoms with Gasteiger partial charge in [-0.15, -0.1) is 0 Å². The van der Waals surface area contributed by atoms with Gasteiger partial charge in [0.25, 0.3) is 0 Å². The molecular formula is C14H18F3N3O. The van der Waals surface area contributed by atoms with Crippen LogP contribution >= 0.6 is 0 Å². The first kappa shape index (κ1) is 15.6. The summed E-state index contributed by atoms with van der Waals surface area (Å²) in [7, 11) is 0. The molecule has 0 spiro atoms. The van der Waals surface area contributed by atoms with Crippen molar-refractivity contribution < 1.29 is 18.0 Å². The molecule has 0 atom stereocenters. The van der Waals surface area contributed by atoms with E-state index in [-0.39, 0.29) is 17.8 Å². The average Bonchev–Trinajstić information content (AvgIpc) is 2.30. The summed E-state index contributed by atoms with van der Waals surface area (Å²) in [6.07, 6.45) is -4.44. The number of hydrogen-bond donors (Lipinski definition) is 1. The van der Waals surface area contributed by atoms with Crippen LogP contribution in [-0.2, 0) is 11.0 Å². The molecule has 2 rings (SSSR count). The molecular weight excluding hydrogens is 283 g/mol. The lowest BCUT2D eigenvalue weighted by atomic mass is 9.94. The van der Waals surface area contributed by atoms with E-state index in [0.717, 1.165) is 6.07 Å². The van der Waals surface area contributed by atoms with E-state index in [2.05, 4.69) is 10.3 Å². The van der Waals surface area contributed by atoms with E-state index >= 15 is 0 Å². The van der Waals surface area contributed by atoms with Crippen LogP contribution in [0.3, 0.4) is 0 Å². The number of rotatable bonds is 2. The second-order valence-corrected chi connectivity index (χ2v) is 6.20. The third kappa shape index (κ3) is 3.65. The highest BCUT2D eigenvalue weighted by molar-refractivity contribution is 5.82. The van der Waals surface area contributed by atoms with Gasteiger partial charge in [-0.1, -0.05) is 26.8 Å². The monoisotopic (exact) mass is 301 g/mol. The zero-order valence-corrected chi connectivity index (χ0v) is 12.2. The number of anilines is 1. The number of nitrogens with one attached hydrogen (secondary N) is 1. The van der Waals surface area contributed by atoms with Crippen molar-refractivity contribution in [2.45, 2.75) is 33.0 Å². The summed E-state index contributed by atoms with van der Waals surface area (Å²) >= 11 is 0. The van der Waals surface area contributed by atoms with Gasteiger partial charge in [0.1, 0.15) is 11.5 Å². The van der Waals surface area contributed by atoms with Crippen LogP contribution in [0.4, 0.5) is 19.0 Å². The van der Waals surface area contributed by atoms with Crippen molar-refractivity contribution >= 4 is 11.7 Å². The lowest BCUT2D eigenvalue weighted by Crippen LogP contribution is -2.61. The standard InChI is InChI=1S/C14H18F3N3O/c1-13(2,3)12(21)18-9-7-20(8-9)11-6-4-5-10(19-11)14(15,16)17/h4-6,9H,7-8H2,1-3H3,(H,18,21). The van der Waals surface area contributed by atoms with Gasteiger partial charge >= 0.3 is 6.18 Å². The van der Waals surface area contributed by atoms with Gasteiger partial charge in [0.2, 0.25) is 5.91 Å². The van der Waals surface area contributed by atoms with E-state index in [0.29, 0.717) is 13.1 Å². The number of nitrogens with zero attached hydrogens (tertiary/aromatic N) is 2. The normalized spacial score (nSPS) is 16.6. The summed E-state index contributed by atoms with van der Waals surface area (Å²) in [6.45, 7) is 6.37. The molecule has 0 unspecified atom stereocenters. The van der Waals surface area contributed by atoms with Gasteiger partial charge in [-0.3, -0.25) is 4.79 Å². The minimum absolute atomic E-state index is 0.0481. The van der Waals surface area contributed by atoms with Gasteiger partial charge in [0.05, 0.1) is 6.04 Å². The number of carbonyl (C=O) groups excluding carboxylic acids is 1. The van der Waals surface area contributed by atoms with Crippen molar-refractivity contribution in [1.29, 1.82) is 0 Å². The molecule has 0 aliphatic carbocycles. The molecule has 1 N–H and O–H groups in total. The molecule has 1 amide bonds. The molecule has 1 aromatic rings. The SMILES string of the molecule is CC(C)(C)C(=O)NC1CN(c2cccc(C(F)(F)F)n2)C1. The molecule has 0 saturated carbocycles. The number of amides is 1. The molecule has 21 heavy (non-hydrogen) atoms. The zero-order chi connectivity index (χ0) is 15.8. The number of pyridine rings is 1. The summed E-state index contributed by atoms with van der Waals surface area (Å²) in [5.74, 6) is 0.218. The van der Waals surface area contributed by atoms with Crippen molar-refractivity contribution in [1.82, 2.24) is 10.3 Å². The van der Waals surface area contributed by atoms with Crippen molar-refractivity contribution in [2.75, 3.05) is 18.0 Å². The van der Waals surface area contributed by atoms with Crippen LogP contribution in [0.15, 0.2) is 18.2 Å². The van der Waals surface area contributed by atoms with E-state index in [1.165, 1.54) is 12.1 Å². The van der Waals surface area contributed by atoms with Crippen LogP contribution in [0.25, 0.3) is 0 Å². The molecule has 1 saturated heterocycles. The number of hydrogen-bond acceptors (Lipinski definition) is 3. The first-order valence-electron chi connectivity index (χ1n) is 6.67. The summed E-state index contributed by atoms with van der Waals surface area (Å²) in [5, 5.41) is 2.87. The van der Waals surface area contributed by atoms with Crippen LogP contribution in [0.5, 0.6) is 0 Å². The van der Waals surface area contributed by atoms with Crippen molar-refractivity contribution in [3.63, 3.8) is 0 Å². The van der Waals surface area contributed by atoms with Crippen LogP contribution in [0, 0.1) is 5.41 Å². The maximum Gasteiger partial charge on any atom is 0.433 e. The summed E-state index contributed by atoms with van der Waals surface area (Å²) < 4.78 is 37.8. The Labute approximate surface area is 121 Å². The minimum Gasteiger partial charge on any atom is -0.352 e. The molecule has 0 radical (unpaired) electrons. The molecule has 0 aromatic carbocycles. The van der Waals surface area contributed by atoms with Crippen LogP contribution in [0.1, 0.15) is 26.5 Å². The highest BCUT2D eigenvalue weighted by Crippen LogP contribution is 2.29. The summed E-state index contributed by atoms with van der Waals surface area (Å²) in [4.78, 5) is 17.1. The Kier molecular flexibility index (Phi) is 3.86. The average molecular weight is 301 g/mol. The van der Waals surface area contributed by atoms with E-state index in [1.54, 1.807) is 4.90 Å². The molecule has 4 nitrogen and oxygen atoms in total.